The molecule has 0 amide bonds. The van der Waals surface area contributed by atoms with Crippen molar-refractivity contribution in [3.63, 3.8) is 0 Å². The Morgan fingerprint density at radius 2 is 2.55 bits per heavy atom. The average Bonchev–Trinajstić information content (AvgIpc) is 2.60. The van der Waals surface area contributed by atoms with E-state index in [1.54, 1.807) is 11.3 Å². The van der Waals surface area contributed by atoms with E-state index in [4.69, 9.17) is 0 Å². The second-order valence-corrected chi connectivity index (χ2v) is 4.08. The molecule has 1 aliphatic rings. The minimum atomic E-state index is -0.125. The van der Waals surface area contributed by atoms with Crippen LogP contribution in [-0.2, 0) is 0 Å². The Bertz CT molecular complexity index is 228. The molecule has 0 bridgehead atoms. The summed E-state index contributed by atoms with van der Waals surface area (Å²) in [7, 11) is 0. The van der Waals surface area contributed by atoms with Crippen molar-refractivity contribution in [1.82, 2.24) is 0 Å². The van der Waals surface area contributed by atoms with Crippen LogP contribution in [0.25, 0.3) is 0 Å². The van der Waals surface area contributed by atoms with Crippen LogP contribution >= 0.6 is 11.3 Å². The maximum atomic E-state index is 9.26. The number of hydrogen-bond acceptors (Lipinski definition) is 2. The highest BCUT2D eigenvalue weighted by Crippen LogP contribution is 2.49. The van der Waals surface area contributed by atoms with Gasteiger partial charge in [-0.3, -0.25) is 0 Å². The SMILES string of the molecule is C[C@H](O)[C@H]1C[C@@H]1c1ccsc1. The molecule has 1 nitrogen and oxygen atoms in total. The molecule has 0 aliphatic heterocycles. The molecule has 1 aromatic rings. The van der Waals surface area contributed by atoms with Crippen molar-refractivity contribution in [2.45, 2.75) is 25.4 Å². The topological polar surface area (TPSA) is 20.2 Å². The smallest absolute Gasteiger partial charge is 0.0546 e. The third kappa shape index (κ3) is 1.33. The van der Waals surface area contributed by atoms with Gasteiger partial charge in [-0.1, -0.05) is 0 Å². The summed E-state index contributed by atoms with van der Waals surface area (Å²) in [5.41, 5.74) is 1.42. The lowest BCUT2D eigenvalue weighted by atomic mass is 10.1. The summed E-state index contributed by atoms with van der Waals surface area (Å²) in [5, 5.41) is 13.6. The fourth-order valence-corrected chi connectivity index (χ4v) is 2.34. The summed E-state index contributed by atoms with van der Waals surface area (Å²) >= 11 is 1.74. The lowest BCUT2D eigenvalue weighted by molar-refractivity contribution is 0.169. The number of aliphatic hydroxyl groups excluding tert-OH is 1. The number of thiophene rings is 1. The van der Waals surface area contributed by atoms with E-state index in [1.165, 1.54) is 12.0 Å². The Balaban J connectivity index is 2.02. The lowest BCUT2D eigenvalue weighted by Gasteiger charge is -1.99. The average molecular weight is 168 g/mol. The minimum Gasteiger partial charge on any atom is -0.393 e. The van der Waals surface area contributed by atoms with Gasteiger partial charge in [-0.15, -0.1) is 0 Å². The monoisotopic (exact) mass is 168 g/mol. The zero-order valence-corrected chi connectivity index (χ0v) is 7.34. The first-order valence-corrected chi connectivity index (χ1v) is 4.93. The molecule has 1 aromatic heterocycles. The van der Waals surface area contributed by atoms with Gasteiger partial charge in [-0.25, -0.2) is 0 Å². The molecule has 1 saturated carbocycles. The van der Waals surface area contributed by atoms with Crippen molar-refractivity contribution in [2.24, 2.45) is 5.92 Å². The highest BCUT2D eigenvalue weighted by Gasteiger charge is 2.41. The van der Waals surface area contributed by atoms with Gasteiger partial charge in [0.15, 0.2) is 0 Å². The summed E-state index contributed by atoms with van der Waals surface area (Å²) in [5.74, 6) is 1.19. The standard InChI is InChI=1S/C9H12OS/c1-6(10)8-4-9(8)7-2-3-11-5-7/h2-3,5-6,8-10H,4H2,1H3/t6-,8+,9+/m0/s1. The van der Waals surface area contributed by atoms with Crippen molar-refractivity contribution in [2.75, 3.05) is 0 Å². The highest BCUT2D eigenvalue weighted by atomic mass is 32.1. The normalized spacial score (nSPS) is 31.8. The quantitative estimate of drug-likeness (QED) is 0.718. The van der Waals surface area contributed by atoms with Gasteiger partial charge in [-0.2, -0.15) is 11.3 Å². The predicted molar refractivity (Wildman–Crippen MR) is 46.8 cm³/mol. The van der Waals surface area contributed by atoms with Gasteiger partial charge < -0.3 is 5.11 Å². The Hall–Kier alpha value is -0.340. The van der Waals surface area contributed by atoms with Crippen molar-refractivity contribution in [3.8, 4) is 0 Å². The van der Waals surface area contributed by atoms with Gasteiger partial charge in [-0.05, 0) is 47.6 Å². The van der Waals surface area contributed by atoms with Crippen LogP contribution in [0.2, 0.25) is 0 Å². The summed E-state index contributed by atoms with van der Waals surface area (Å²) in [6, 6.07) is 2.16. The number of rotatable bonds is 2. The van der Waals surface area contributed by atoms with Crippen molar-refractivity contribution in [3.05, 3.63) is 22.4 Å². The first-order chi connectivity index (χ1) is 5.29. The fourth-order valence-electron chi connectivity index (χ4n) is 1.62. The van der Waals surface area contributed by atoms with E-state index in [2.05, 4.69) is 16.8 Å². The number of hydrogen-bond donors (Lipinski definition) is 1. The Labute approximate surface area is 70.7 Å². The van der Waals surface area contributed by atoms with Gasteiger partial charge in [0.2, 0.25) is 0 Å². The summed E-state index contributed by atoms with van der Waals surface area (Å²) in [6.45, 7) is 1.89. The van der Waals surface area contributed by atoms with Crippen LogP contribution in [0.1, 0.15) is 24.8 Å². The Morgan fingerprint density at radius 1 is 1.73 bits per heavy atom. The van der Waals surface area contributed by atoms with Gasteiger partial charge in [0.1, 0.15) is 0 Å². The molecule has 1 aliphatic carbocycles. The first-order valence-electron chi connectivity index (χ1n) is 3.99. The van der Waals surface area contributed by atoms with Gasteiger partial charge in [0.05, 0.1) is 6.10 Å². The molecule has 2 heteroatoms. The van der Waals surface area contributed by atoms with Gasteiger partial charge in [0, 0.05) is 0 Å². The molecule has 0 saturated heterocycles. The van der Waals surface area contributed by atoms with Crippen LogP contribution in [0, 0.1) is 5.92 Å². The largest absolute Gasteiger partial charge is 0.393 e. The molecule has 1 N–H and O–H groups in total. The van der Waals surface area contributed by atoms with Crippen LogP contribution in [0.3, 0.4) is 0 Å². The molecule has 60 valence electrons. The van der Waals surface area contributed by atoms with E-state index in [-0.39, 0.29) is 6.10 Å². The number of aliphatic hydroxyl groups is 1. The van der Waals surface area contributed by atoms with E-state index >= 15 is 0 Å². The second-order valence-electron chi connectivity index (χ2n) is 3.30. The van der Waals surface area contributed by atoms with Crippen LogP contribution < -0.4 is 0 Å². The molecule has 0 radical (unpaired) electrons. The zero-order chi connectivity index (χ0) is 7.84. The third-order valence-electron chi connectivity index (χ3n) is 2.43. The lowest BCUT2D eigenvalue weighted by Crippen LogP contribution is -2.02. The molecule has 0 spiro atoms. The Morgan fingerprint density at radius 3 is 3.00 bits per heavy atom. The Kier molecular flexibility index (Phi) is 1.74. The molecule has 11 heavy (non-hydrogen) atoms. The van der Waals surface area contributed by atoms with Crippen LogP contribution in [0.5, 0.6) is 0 Å². The van der Waals surface area contributed by atoms with Crippen molar-refractivity contribution in [1.29, 1.82) is 0 Å². The molecule has 0 unspecified atom stereocenters. The molecular weight excluding hydrogens is 156 g/mol. The molecule has 0 aromatic carbocycles. The minimum absolute atomic E-state index is 0.125. The van der Waals surface area contributed by atoms with Crippen LogP contribution in [0.15, 0.2) is 16.8 Å². The maximum Gasteiger partial charge on any atom is 0.0546 e. The van der Waals surface area contributed by atoms with Gasteiger partial charge >= 0.3 is 0 Å². The van der Waals surface area contributed by atoms with E-state index in [1.807, 2.05) is 6.92 Å². The molecule has 1 heterocycles. The summed E-state index contributed by atoms with van der Waals surface area (Å²) in [4.78, 5) is 0. The van der Waals surface area contributed by atoms with E-state index < -0.39 is 0 Å². The highest BCUT2D eigenvalue weighted by molar-refractivity contribution is 7.08. The van der Waals surface area contributed by atoms with E-state index in [0.717, 1.165) is 0 Å². The van der Waals surface area contributed by atoms with Gasteiger partial charge in [0.25, 0.3) is 0 Å². The summed E-state index contributed by atoms with van der Waals surface area (Å²) in [6.07, 6.45) is 1.05. The zero-order valence-electron chi connectivity index (χ0n) is 6.53. The second kappa shape index (κ2) is 2.61. The molecule has 2 rings (SSSR count). The fraction of sp³-hybridized carbons (Fsp3) is 0.556. The van der Waals surface area contributed by atoms with Crippen LogP contribution in [-0.4, -0.2) is 11.2 Å². The van der Waals surface area contributed by atoms with Crippen molar-refractivity contribution >= 4 is 11.3 Å². The van der Waals surface area contributed by atoms with Crippen LogP contribution in [0.4, 0.5) is 0 Å². The van der Waals surface area contributed by atoms with Crippen molar-refractivity contribution < 1.29 is 5.11 Å². The molecule has 1 fully saturated rings. The van der Waals surface area contributed by atoms with E-state index in [9.17, 15) is 5.11 Å². The predicted octanol–water partition coefficient (Wildman–Crippen LogP) is 2.23. The third-order valence-corrected chi connectivity index (χ3v) is 3.13. The first kappa shape index (κ1) is 7.32. The molecular formula is C9H12OS. The summed E-state index contributed by atoms with van der Waals surface area (Å²) < 4.78 is 0. The maximum absolute atomic E-state index is 9.26. The van der Waals surface area contributed by atoms with E-state index in [0.29, 0.717) is 11.8 Å². The molecule has 3 atom stereocenters.